The average molecular weight is 465 g/mol. The summed E-state index contributed by atoms with van der Waals surface area (Å²) >= 11 is 0. The summed E-state index contributed by atoms with van der Waals surface area (Å²) in [6.07, 6.45) is 1.93. The molecule has 0 amide bonds. The molecule has 4 aromatic rings. The van der Waals surface area contributed by atoms with Gasteiger partial charge < -0.3 is 18.9 Å². The summed E-state index contributed by atoms with van der Waals surface area (Å²) in [7, 11) is 1.23. The first-order valence-electron chi connectivity index (χ1n) is 11.1. The van der Waals surface area contributed by atoms with Gasteiger partial charge in [0.25, 0.3) is 5.95 Å². The highest BCUT2D eigenvalue weighted by molar-refractivity contribution is 7.63. The SMILES string of the molecule is CCn1c(P(C)C)nc2c(N3CCOCC3)nc(-n3cc(-c4ccccc4)c(OC)n3)nc21. The highest BCUT2D eigenvalue weighted by Crippen LogP contribution is 2.32. The van der Waals surface area contributed by atoms with Crippen LogP contribution in [-0.4, -0.2) is 76.0 Å². The van der Waals surface area contributed by atoms with Gasteiger partial charge in [0.15, 0.2) is 17.0 Å². The minimum atomic E-state index is -0.398. The lowest BCUT2D eigenvalue weighted by Gasteiger charge is -2.28. The molecular formula is C23H28N7O2P. The Morgan fingerprint density at radius 2 is 1.82 bits per heavy atom. The third-order valence-corrected chi connectivity index (χ3v) is 6.88. The van der Waals surface area contributed by atoms with Crippen LogP contribution in [0.3, 0.4) is 0 Å². The summed E-state index contributed by atoms with van der Waals surface area (Å²) in [6, 6.07) is 10.1. The molecule has 0 N–H and O–H groups in total. The lowest BCUT2D eigenvalue weighted by molar-refractivity contribution is 0.122. The van der Waals surface area contributed by atoms with Crippen molar-refractivity contribution in [1.29, 1.82) is 0 Å². The average Bonchev–Trinajstić information content (AvgIpc) is 3.46. The molecule has 5 rings (SSSR count). The number of anilines is 1. The third kappa shape index (κ3) is 3.96. The van der Waals surface area contributed by atoms with Crippen molar-refractivity contribution < 1.29 is 9.47 Å². The molecule has 1 fully saturated rings. The number of hydrogen-bond acceptors (Lipinski definition) is 7. The van der Waals surface area contributed by atoms with Gasteiger partial charge in [0.2, 0.25) is 5.88 Å². The number of hydrogen-bond donors (Lipinski definition) is 0. The van der Waals surface area contributed by atoms with Gasteiger partial charge in [-0.15, -0.1) is 5.10 Å². The van der Waals surface area contributed by atoms with Crippen LogP contribution in [0, 0.1) is 0 Å². The monoisotopic (exact) mass is 465 g/mol. The van der Waals surface area contributed by atoms with Gasteiger partial charge in [0.05, 0.1) is 25.9 Å². The molecule has 0 unspecified atom stereocenters. The number of imidazole rings is 1. The maximum Gasteiger partial charge on any atom is 0.254 e. The van der Waals surface area contributed by atoms with Crippen molar-refractivity contribution in [1.82, 2.24) is 29.3 Å². The number of benzene rings is 1. The van der Waals surface area contributed by atoms with Crippen molar-refractivity contribution in [2.24, 2.45) is 0 Å². The topological polar surface area (TPSA) is 83.1 Å². The Morgan fingerprint density at radius 3 is 2.48 bits per heavy atom. The van der Waals surface area contributed by atoms with Crippen LogP contribution < -0.4 is 15.2 Å². The van der Waals surface area contributed by atoms with Gasteiger partial charge in [-0.2, -0.15) is 9.97 Å². The van der Waals surface area contributed by atoms with E-state index in [1.807, 2.05) is 36.5 Å². The fourth-order valence-corrected chi connectivity index (χ4v) is 5.14. The Kier molecular flexibility index (Phi) is 6.00. The molecule has 0 aliphatic carbocycles. The number of nitrogens with zero attached hydrogens (tertiary/aromatic N) is 7. The van der Waals surface area contributed by atoms with Gasteiger partial charge in [-0.25, -0.2) is 9.67 Å². The summed E-state index contributed by atoms with van der Waals surface area (Å²) in [4.78, 5) is 17.2. The van der Waals surface area contributed by atoms with Gasteiger partial charge in [-0.3, -0.25) is 0 Å². The van der Waals surface area contributed by atoms with Crippen molar-refractivity contribution in [3.05, 3.63) is 36.5 Å². The third-order valence-electron chi connectivity index (χ3n) is 5.73. The second-order valence-electron chi connectivity index (χ2n) is 8.03. The Bertz CT molecular complexity index is 1260. The van der Waals surface area contributed by atoms with E-state index in [2.05, 4.69) is 34.8 Å². The molecule has 3 aromatic heterocycles. The van der Waals surface area contributed by atoms with Crippen LogP contribution in [0.15, 0.2) is 36.5 Å². The maximum absolute atomic E-state index is 5.59. The van der Waals surface area contributed by atoms with Gasteiger partial charge in [-0.05, 0) is 33.7 Å². The van der Waals surface area contributed by atoms with E-state index in [1.54, 1.807) is 11.8 Å². The number of fused-ring (bicyclic) bond motifs is 1. The summed E-state index contributed by atoms with van der Waals surface area (Å²) in [5, 5.41) is 4.67. The zero-order valence-electron chi connectivity index (χ0n) is 19.4. The van der Waals surface area contributed by atoms with E-state index in [-0.39, 0.29) is 0 Å². The Morgan fingerprint density at radius 1 is 1.06 bits per heavy atom. The van der Waals surface area contributed by atoms with Crippen LogP contribution in [0.1, 0.15) is 6.92 Å². The minimum absolute atomic E-state index is 0.398. The molecule has 0 spiro atoms. The van der Waals surface area contributed by atoms with Crippen LogP contribution in [0.4, 0.5) is 5.82 Å². The lowest BCUT2D eigenvalue weighted by atomic mass is 10.1. The summed E-state index contributed by atoms with van der Waals surface area (Å²) in [5.41, 5.74) is 4.68. The quantitative estimate of drug-likeness (QED) is 0.405. The van der Waals surface area contributed by atoms with Crippen molar-refractivity contribution in [3.63, 3.8) is 0 Å². The molecule has 1 saturated heterocycles. The molecule has 4 heterocycles. The molecule has 1 aromatic carbocycles. The second kappa shape index (κ2) is 9.08. The Labute approximate surface area is 194 Å². The van der Waals surface area contributed by atoms with Crippen molar-refractivity contribution in [3.8, 4) is 23.0 Å². The first-order chi connectivity index (χ1) is 16.1. The number of methoxy groups -OCH3 is 1. The highest BCUT2D eigenvalue weighted by Gasteiger charge is 2.25. The predicted octanol–water partition coefficient (Wildman–Crippen LogP) is 2.91. The van der Waals surface area contributed by atoms with Crippen LogP contribution >= 0.6 is 7.92 Å². The van der Waals surface area contributed by atoms with Crippen LogP contribution in [0.5, 0.6) is 5.88 Å². The van der Waals surface area contributed by atoms with E-state index in [0.29, 0.717) is 25.0 Å². The first kappa shape index (κ1) is 21.8. The molecule has 0 atom stereocenters. The second-order valence-corrected chi connectivity index (χ2v) is 10.2. The Hall–Kier alpha value is -3.03. The van der Waals surface area contributed by atoms with E-state index >= 15 is 0 Å². The molecule has 10 heteroatoms. The van der Waals surface area contributed by atoms with Crippen LogP contribution in [0.25, 0.3) is 28.2 Å². The maximum atomic E-state index is 5.59. The zero-order valence-corrected chi connectivity index (χ0v) is 20.3. The molecule has 0 radical (unpaired) electrons. The van der Waals surface area contributed by atoms with Crippen molar-refractivity contribution in [2.75, 3.05) is 51.6 Å². The van der Waals surface area contributed by atoms with E-state index in [9.17, 15) is 0 Å². The van der Waals surface area contributed by atoms with E-state index < -0.39 is 7.92 Å². The van der Waals surface area contributed by atoms with Gasteiger partial charge in [0.1, 0.15) is 5.57 Å². The molecule has 1 aliphatic heterocycles. The molecule has 9 nitrogen and oxygen atoms in total. The summed E-state index contributed by atoms with van der Waals surface area (Å²) < 4.78 is 15.1. The molecule has 1 aliphatic rings. The molecule has 172 valence electrons. The van der Waals surface area contributed by atoms with Gasteiger partial charge in [-0.1, -0.05) is 30.3 Å². The smallest absolute Gasteiger partial charge is 0.254 e. The van der Waals surface area contributed by atoms with E-state index in [0.717, 1.165) is 53.3 Å². The predicted molar refractivity (Wildman–Crippen MR) is 132 cm³/mol. The summed E-state index contributed by atoms with van der Waals surface area (Å²) in [6.45, 7) is 10.2. The van der Waals surface area contributed by atoms with Gasteiger partial charge >= 0.3 is 0 Å². The first-order valence-corrected chi connectivity index (χ1v) is 13.3. The standard InChI is InChI=1S/C23H28N7O2P/c1-5-29-20-18(24-23(29)33(3)4)19(28-11-13-32-14-12-28)25-22(26-20)30-15-17(21(27-30)31-2)16-9-7-6-8-10-16/h6-10,15H,5,11-14H2,1-4H3. The summed E-state index contributed by atoms with van der Waals surface area (Å²) in [5.74, 6) is 1.87. The molecule has 33 heavy (non-hydrogen) atoms. The number of ether oxygens (including phenoxy) is 2. The fourth-order valence-electron chi connectivity index (χ4n) is 4.12. The van der Waals surface area contributed by atoms with E-state index in [4.69, 9.17) is 24.4 Å². The largest absolute Gasteiger partial charge is 0.479 e. The number of rotatable bonds is 6. The normalized spacial score (nSPS) is 14.4. The molecule has 0 saturated carbocycles. The van der Waals surface area contributed by atoms with Crippen molar-refractivity contribution in [2.45, 2.75) is 13.5 Å². The van der Waals surface area contributed by atoms with Crippen molar-refractivity contribution >= 4 is 30.5 Å². The Balaban J connectivity index is 1.71. The van der Waals surface area contributed by atoms with Crippen LogP contribution in [0.2, 0.25) is 0 Å². The fraction of sp³-hybridized carbons (Fsp3) is 0.391. The van der Waals surface area contributed by atoms with Crippen LogP contribution in [-0.2, 0) is 11.3 Å². The number of aromatic nitrogens is 6. The lowest BCUT2D eigenvalue weighted by Crippen LogP contribution is -2.37. The molecule has 0 bridgehead atoms. The highest BCUT2D eigenvalue weighted by atomic mass is 31.1. The number of aryl methyl sites for hydroxylation is 1. The molecular weight excluding hydrogens is 437 g/mol. The van der Waals surface area contributed by atoms with Gasteiger partial charge in [0, 0.05) is 25.8 Å². The minimum Gasteiger partial charge on any atom is -0.479 e. The number of morpholine rings is 1. The zero-order chi connectivity index (χ0) is 22.9. The van der Waals surface area contributed by atoms with E-state index in [1.165, 1.54) is 0 Å².